The molecule has 5 nitrogen and oxygen atoms in total. The molecule has 1 unspecified atom stereocenters. The minimum Gasteiger partial charge on any atom is -0.496 e. The maximum absolute atomic E-state index is 10.7. The van der Waals surface area contributed by atoms with Gasteiger partial charge in [-0.25, -0.2) is 0 Å². The Morgan fingerprint density at radius 2 is 2.03 bits per heavy atom. The lowest BCUT2D eigenvalue weighted by atomic mass is 9.95. The molecule has 1 aliphatic rings. The number of fused-ring (bicyclic) bond motifs is 1. The summed E-state index contributed by atoms with van der Waals surface area (Å²) < 4.78 is 9.48. The third-order valence-electron chi connectivity index (χ3n) is 5.16. The number of thioether (sulfide) groups is 1. The van der Waals surface area contributed by atoms with E-state index in [1.807, 2.05) is 0 Å². The van der Waals surface area contributed by atoms with Gasteiger partial charge in [-0.15, -0.1) is 11.8 Å². The van der Waals surface area contributed by atoms with Gasteiger partial charge in [-0.05, 0) is 43.5 Å². The van der Waals surface area contributed by atoms with Crippen LogP contribution in [0.15, 0.2) is 47.4 Å². The molecular formula is C24H34N2O3S2. The van der Waals surface area contributed by atoms with Crippen LogP contribution >= 0.6 is 23.7 Å². The van der Waals surface area contributed by atoms with E-state index in [0.717, 1.165) is 49.1 Å². The second-order valence-corrected chi connectivity index (χ2v) is 9.48. The standard InChI is InChI=1S/C23H30N2O2S2.CH4O/c1-4-5-11-23(2)17-25(19-9-7-6-8-10-19)20-15-21(27-3)18(16-28-13-12-26)14-22(20)29-24-23;1-2/h6-10,12,14-15,24H,4-5,11,13,16-17H2,1-3H3;2H,1H3. The number of nitrogens with zero attached hydrogens (tertiary/aromatic N) is 1. The van der Waals surface area contributed by atoms with E-state index in [1.54, 1.807) is 30.8 Å². The van der Waals surface area contributed by atoms with E-state index in [1.165, 1.54) is 23.4 Å². The average Bonchev–Trinajstić information content (AvgIpc) is 2.96. The van der Waals surface area contributed by atoms with E-state index in [2.05, 4.69) is 65.9 Å². The summed E-state index contributed by atoms with van der Waals surface area (Å²) in [5, 5.41) is 7.00. The summed E-state index contributed by atoms with van der Waals surface area (Å²) in [6.07, 6.45) is 4.45. The minimum absolute atomic E-state index is 0.00476. The van der Waals surface area contributed by atoms with Gasteiger partial charge in [0.25, 0.3) is 0 Å². The third-order valence-corrected chi connectivity index (χ3v) is 7.19. The van der Waals surface area contributed by atoms with Crippen LogP contribution in [-0.4, -0.2) is 43.4 Å². The number of benzene rings is 2. The van der Waals surface area contributed by atoms with E-state index < -0.39 is 0 Å². The maximum atomic E-state index is 10.7. The molecule has 31 heavy (non-hydrogen) atoms. The van der Waals surface area contributed by atoms with Crippen LogP contribution in [0.5, 0.6) is 5.75 Å². The molecule has 1 aliphatic heterocycles. The fourth-order valence-corrected chi connectivity index (χ4v) is 5.24. The largest absolute Gasteiger partial charge is 0.496 e. The van der Waals surface area contributed by atoms with Crippen LogP contribution in [0.4, 0.5) is 11.4 Å². The average molecular weight is 463 g/mol. The van der Waals surface area contributed by atoms with Gasteiger partial charge in [0.2, 0.25) is 0 Å². The van der Waals surface area contributed by atoms with Crippen molar-refractivity contribution in [2.45, 2.75) is 49.3 Å². The number of nitrogens with one attached hydrogen (secondary N) is 1. The highest BCUT2D eigenvalue weighted by Crippen LogP contribution is 2.43. The zero-order chi connectivity index (χ0) is 22.7. The van der Waals surface area contributed by atoms with Crippen molar-refractivity contribution in [3.63, 3.8) is 0 Å². The Hall–Kier alpha value is -1.67. The lowest BCUT2D eigenvalue weighted by Crippen LogP contribution is -2.46. The van der Waals surface area contributed by atoms with Crippen molar-refractivity contribution in [3.05, 3.63) is 48.0 Å². The predicted octanol–water partition coefficient (Wildman–Crippen LogP) is 5.43. The molecule has 0 saturated heterocycles. The number of hydrogen-bond acceptors (Lipinski definition) is 7. The third kappa shape index (κ3) is 6.91. The van der Waals surface area contributed by atoms with Gasteiger partial charge >= 0.3 is 0 Å². The first kappa shape index (κ1) is 25.6. The van der Waals surface area contributed by atoms with E-state index in [0.29, 0.717) is 5.75 Å². The number of ether oxygens (including phenoxy) is 1. The Labute approximate surface area is 195 Å². The molecule has 3 rings (SSSR count). The summed E-state index contributed by atoms with van der Waals surface area (Å²) in [5.41, 5.74) is 3.47. The smallest absolute Gasteiger partial charge is 0.129 e. The molecule has 0 fully saturated rings. The zero-order valence-corrected chi connectivity index (χ0v) is 20.5. The van der Waals surface area contributed by atoms with Crippen LogP contribution in [0, 0.1) is 0 Å². The van der Waals surface area contributed by atoms with Gasteiger partial charge in [0.05, 0.1) is 12.8 Å². The summed E-state index contributed by atoms with van der Waals surface area (Å²) in [6.45, 7) is 5.44. The van der Waals surface area contributed by atoms with Crippen LogP contribution in [0.3, 0.4) is 0 Å². The number of rotatable bonds is 9. The highest BCUT2D eigenvalue weighted by Gasteiger charge is 2.32. The van der Waals surface area contributed by atoms with Gasteiger partial charge < -0.3 is 19.5 Å². The number of carbonyl (C=O) groups is 1. The monoisotopic (exact) mass is 462 g/mol. The number of aliphatic hydroxyl groups is 1. The highest BCUT2D eigenvalue weighted by atomic mass is 32.2. The molecule has 7 heteroatoms. The number of hydrogen-bond donors (Lipinski definition) is 2. The first-order valence-electron chi connectivity index (χ1n) is 10.5. The van der Waals surface area contributed by atoms with Crippen molar-refractivity contribution < 1.29 is 14.6 Å². The molecule has 0 amide bonds. The van der Waals surface area contributed by atoms with E-state index in [-0.39, 0.29) is 5.54 Å². The number of carbonyl (C=O) groups excluding carboxylic acids is 1. The molecule has 2 aromatic rings. The predicted molar refractivity (Wildman–Crippen MR) is 134 cm³/mol. The Morgan fingerprint density at radius 1 is 1.29 bits per heavy atom. The quantitative estimate of drug-likeness (QED) is 0.292. The lowest BCUT2D eigenvalue weighted by Gasteiger charge is -2.34. The van der Waals surface area contributed by atoms with Crippen LogP contribution in [-0.2, 0) is 10.5 Å². The van der Waals surface area contributed by atoms with E-state index >= 15 is 0 Å². The number of unbranched alkanes of at least 4 members (excludes halogenated alkanes) is 1. The Balaban J connectivity index is 0.00000166. The Bertz CT molecular complexity index is 820. The summed E-state index contributed by atoms with van der Waals surface area (Å²) in [5.74, 6) is 2.13. The van der Waals surface area contributed by atoms with Crippen LogP contribution in [0.1, 0.15) is 38.7 Å². The van der Waals surface area contributed by atoms with Gasteiger partial charge in [-0.1, -0.05) is 38.0 Å². The molecular weight excluding hydrogens is 428 g/mol. The molecule has 0 aliphatic carbocycles. The van der Waals surface area contributed by atoms with Crippen molar-refractivity contribution in [1.29, 1.82) is 0 Å². The van der Waals surface area contributed by atoms with Gasteiger partial charge in [-0.2, -0.15) is 0 Å². The Kier molecular flexibility index (Phi) is 10.7. The molecule has 2 N–H and O–H groups in total. The van der Waals surface area contributed by atoms with Gasteiger partial charge in [-0.3, -0.25) is 4.72 Å². The number of anilines is 2. The number of para-hydroxylation sites is 1. The SMILES string of the molecule is CCCCC1(C)CN(c2ccccc2)c2cc(OC)c(CSCC=O)cc2SN1.CO. The molecule has 0 spiro atoms. The lowest BCUT2D eigenvalue weighted by molar-refractivity contribution is -0.105. The molecule has 2 aromatic carbocycles. The second kappa shape index (κ2) is 13.0. The number of aliphatic hydroxyl groups excluding tert-OH is 1. The molecule has 0 aromatic heterocycles. The highest BCUT2D eigenvalue weighted by molar-refractivity contribution is 7.99. The van der Waals surface area contributed by atoms with Crippen molar-refractivity contribution in [2.24, 2.45) is 0 Å². The van der Waals surface area contributed by atoms with Gasteiger partial charge in [0.1, 0.15) is 12.0 Å². The molecule has 0 bridgehead atoms. The number of methoxy groups -OCH3 is 1. The van der Waals surface area contributed by atoms with Crippen LogP contribution in [0.25, 0.3) is 0 Å². The van der Waals surface area contributed by atoms with Crippen molar-refractivity contribution in [3.8, 4) is 5.75 Å². The minimum atomic E-state index is -0.00476. The fraction of sp³-hybridized carbons (Fsp3) is 0.458. The van der Waals surface area contributed by atoms with E-state index in [4.69, 9.17) is 9.84 Å². The second-order valence-electron chi connectivity index (χ2n) is 7.60. The summed E-state index contributed by atoms with van der Waals surface area (Å²) in [4.78, 5) is 14.3. The van der Waals surface area contributed by atoms with Crippen molar-refractivity contribution in [2.75, 3.05) is 31.4 Å². The normalized spacial score (nSPS) is 17.8. The first-order chi connectivity index (χ1) is 15.1. The maximum Gasteiger partial charge on any atom is 0.129 e. The molecule has 170 valence electrons. The van der Waals surface area contributed by atoms with Crippen LogP contribution in [0.2, 0.25) is 0 Å². The molecule has 0 radical (unpaired) electrons. The van der Waals surface area contributed by atoms with Gasteiger partial charge in [0.15, 0.2) is 0 Å². The first-order valence-corrected chi connectivity index (χ1v) is 12.5. The topological polar surface area (TPSA) is 61.8 Å². The van der Waals surface area contributed by atoms with E-state index in [9.17, 15) is 4.79 Å². The van der Waals surface area contributed by atoms with Crippen molar-refractivity contribution in [1.82, 2.24) is 4.72 Å². The molecule has 1 heterocycles. The Morgan fingerprint density at radius 3 is 2.68 bits per heavy atom. The van der Waals surface area contributed by atoms with Crippen molar-refractivity contribution >= 4 is 41.4 Å². The summed E-state index contributed by atoms with van der Waals surface area (Å²) in [6, 6.07) is 14.9. The van der Waals surface area contributed by atoms with Gasteiger partial charge in [0, 0.05) is 52.9 Å². The number of aldehydes is 1. The fourth-order valence-electron chi connectivity index (χ4n) is 3.58. The summed E-state index contributed by atoms with van der Waals surface area (Å²) in [7, 11) is 2.72. The van der Waals surface area contributed by atoms with Crippen LogP contribution < -0.4 is 14.4 Å². The zero-order valence-electron chi connectivity index (χ0n) is 18.9. The summed E-state index contributed by atoms with van der Waals surface area (Å²) >= 11 is 3.32. The molecule has 1 atom stereocenters. The molecule has 0 saturated carbocycles.